The van der Waals surface area contributed by atoms with Gasteiger partial charge < -0.3 is 5.32 Å². The van der Waals surface area contributed by atoms with Gasteiger partial charge in [-0.2, -0.15) is 9.61 Å². The minimum atomic E-state index is -0.235. The van der Waals surface area contributed by atoms with E-state index < -0.39 is 0 Å². The fourth-order valence-electron chi connectivity index (χ4n) is 3.49. The molecule has 2 aromatic heterocycles. The molecule has 0 radical (unpaired) electrons. The van der Waals surface area contributed by atoms with E-state index in [1.54, 1.807) is 28.8 Å². The molecule has 0 aliphatic carbocycles. The summed E-state index contributed by atoms with van der Waals surface area (Å²) in [4.78, 5) is 12.6. The van der Waals surface area contributed by atoms with Crippen LogP contribution in [0.4, 0.5) is 5.69 Å². The molecule has 0 atom stereocenters. The number of anilines is 1. The highest BCUT2D eigenvalue weighted by atomic mass is 35.5. The van der Waals surface area contributed by atoms with Crippen LogP contribution >= 0.6 is 11.6 Å². The Balaban J connectivity index is 1.54. The van der Waals surface area contributed by atoms with Crippen molar-refractivity contribution in [1.82, 2.24) is 19.8 Å². The lowest BCUT2D eigenvalue weighted by molar-refractivity contribution is 0.102. The Morgan fingerprint density at radius 1 is 0.933 bits per heavy atom. The van der Waals surface area contributed by atoms with Crippen LogP contribution in [0.15, 0.2) is 72.8 Å². The van der Waals surface area contributed by atoms with Gasteiger partial charge in [-0.05, 0) is 37.3 Å². The average Bonchev–Trinajstić information content (AvgIpc) is 3.18. The summed E-state index contributed by atoms with van der Waals surface area (Å²) in [6.07, 6.45) is 0. The lowest BCUT2D eigenvalue weighted by Gasteiger charge is -2.08. The Bertz CT molecular complexity index is 1430. The molecular weight excluding hydrogens is 398 g/mol. The smallest absolute Gasteiger partial charge is 0.255 e. The molecule has 0 unspecified atom stereocenters. The van der Waals surface area contributed by atoms with Crippen LogP contribution in [-0.2, 0) is 0 Å². The Kier molecular flexibility index (Phi) is 4.41. The molecule has 0 aliphatic rings. The number of rotatable bonds is 3. The van der Waals surface area contributed by atoms with Gasteiger partial charge in [0.25, 0.3) is 5.91 Å². The topological polar surface area (TPSA) is 72.2 Å². The van der Waals surface area contributed by atoms with E-state index in [-0.39, 0.29) is 5.91 Å². The van der Waals surface area contributed by atoms with E-state index in [1.165, 1.54) is 0 Å². The van der Waals surface area contributed by atoms with Crippen molar-refractivity contribution in [3.05, 3.63) is 89.1 Å². The molecule has 7 heteroatoms. The lowest BCUT2D eigenvalue weighted by atomic mass is 10.1. The molecule has 1 N–H and O–H groups in total. The number of fused-ring (bicyclic) bond motifs is 3. The van der Waals surface area contributed by atoms with E-state index in [9.17, 15) is 4.79 Å². The summed E-state index contributed by atoms with van der Waals surface area (Å²) >= 11 is 5.99. The SMILES string of the molecule is Cc1nn2c(-c3cccc(NC(=O)c4cccc(Cl)c4)c3)nnc2c2ccccc12. The van der Waals surface area contributed by atoms with E-state index in [0.717, 1.165) is 22.0 Å². The molecular formula is C23H16ClN5O. The van der Waals surface area contributed by atoms with Crippen molar-refractivity contribution in [3.8, 4) is 11.4 Å². The number of nitrogens with one attached hydrogen (secondary N) is 1. The van der Waals surface area contributed by atoms with Crippen LogP contribution < -0.4 is 5.32 Å². The Morgan fingerprint density at radius 2 is 1.73 bits per heavy atom. The number of carbonyl (C=O) groups is 1. The molecule has 0 spiro atoms. The molecule has 6 nitrogen and oxygen atoms in total. The summed E-state index contributed by atoms with van der Waals surface area (Å²) in [7, 11) is 0. The van der Waals surface area contributed by atoms with Crippen LogP contribution in [0.25, 0.3) is 27.8 Å². The molecule has 30 heavy (non-hydrogen) atoms. The van der Waals surface area contributed by atoms with Gasteiger partial charge in [0.2, 0.25) is 0 Å². The minimum Gasteiger partial charge on any atom is -0.322 e. The van der Waals surface area contributed by atoms with Crippen molar-refractivity contribution in [2.45, 2.75) is 6.92 Å². The molecule has 0 saturated heterocycles. The van der Waals surface area contributed by atoms with E-state index >= 15 is 0 Å². The van der Waals surface area contributed by atoms with Crippen molar-refractivity contribution in [1.29, 1.82) is 0 Å². The zero-order valence-corrected chi connectivity index (χ0v) is 16.8. The maximum absolute atomic E-state index is 12.6. The Hall–Kier alpha value is -3.77. The van der Waals surface area contributed by atoms with Gasteiger partial charge in [-0.25, -0.2) is 0 Å². The van der Waals surface area contributed by atoms with E-state index in [4.69, 9.17) is 11.6 Å². The van der Waals surface area contributed by atoms with Gasteiger partial charge >= 0.3 is 0 Å². The second-order valence-corrected chi connectivity index (χ2v) is 7.37. The molecule has 0 aliphatic heterocycles. The highest BCUT2D eigenvalue weighted by molar-refractivity contribution is 6.31. The summed E-state index contributed by atoms with van der Waals surface area (Å²) in [5, 5.41) is 18.9. The molecule has 0 saturated carbocycles. The Labute approximate surface area is 177 Å². The van der Waals surface area contributed by atoms with E-state index in [0.29, 0.717) is 27.7 Å². The first-order valence-electron chi connectivity index (χ1n) is 9.38. The first kappa shape index (κ1) is 18.3. The van der Waals surface area contributed by atoms with Gasteiger partial charge in [0.05, 0.1) is 5.69 Å². The van der Waals surface area contributed by atoms with Crippen LogP contribution in [0, 0.1) is 6.92 Å². The highest BCUT2D eigenvalue weighted by Gasteiger charge is 2.14. The molecule has 2 heterocycles. The molecule has 0 fully saturated rings. The molecule has 1 amide bonds. The third-order valence-electron chi connectivity index (χ3n) is 4.91. The maximum Gasteiger partial charge on any atom is 0.255 e. The summed E-state index contributed by atoms with van der Waals surface area (Å²) in [6.45, 7) is 1.97. The van der Waals surface area contributed by atoms with E-state index in [1.807, 2.05) is 55.5 Å². The maximum atomic E-state index is 12.6. The van der Waals surface area contributed by atoms with Gasteiger partial charge in [-0.1, -0.05) is 54.1 Å². The third-order valence-corrected chi connectivity index (χ3v) is 5.15. The van der Waals surface area contributed by atoms with Crippen molar-refractivity contribution in [2.24, 2.45) is 0 Å². The quantitative estimate of drug-likeness (QED) is 0.443. The minimum absolute atomic E-state index is 0.235. The molecule has 5 aromatic rings. The van der Waals surface area contributed by atoms with Crippen LogP contribution in [0.3, 0.4) is 0 Å². The molecule has 0 bridgehead atoms. The molecule has 3 aromatic carbocycles. The van der Waals surface area contributed by atoms with Gasteiger partial charge in [0, 0.05) is 32.6 Å². The predicted molar refractivity (Wildman–Crippen MR) is 118 cm³/mol. The number of carbonyl (C=O) groups excluding carboxylic acids is 1. The van der Waals surface area contributed by atoms with Crippen LogP contribution in [0.2, 0.25) is 5.02 Å². The summed E-state index contributed by atoms with van der Waals surface area (Å²) in [6, 6.07) is 22.3. The summed E-state index contributed by atoms with van der Waals surface area (Å²) in [5.74, 6) is 0.374. The normalized spacial score (nSPS) is 11.1. The second kappa shape index (κ2) is 7.24. The van der Waals surface area contributed by atoms with Crippen molar-refractivity contribution >= 4 is 39.6 Å². The van der Waals surface area contributed by atoms with Gasteiger partial charge in [0.15, 0.2) is 11.5 Å². The van der Waals surface area contributed by atoms with Gasteiger partial charge in [0.1, 0.15) is 0 Å². The first-order chi connectivity index (χ1) is 14.6. The average molecular weight is 414 g/mol. The van der Waals surface area contributed by atoms with E-state index in [2.05, 4.69) is 20.6 Å². The van der Waals surface area contributed by atoms with Gasteiger partial charge in [-0.15, -0.1) is 10.2 Å². The van der Waals surface area contributed by atoms with Crippen LogP contribution in [0.5, 0.6) is 0 Å². The van der Waals surface area contributed by atoms with Crippen molar-refractivity contribution < 1.29 is 4.79 Å². The Morgan fingerprint density at radius 3 is 2.57 bits per heavy atom. The highest BCUT2D eigenvalue weighted by Crippen LogP contribution is 2.26. The van der Waals surface area contributed by atoms with Gasteiger partial charge in [-0.3, -0.25) is 4.79 Å². The number of amides is 1. The zero-order chi connectivity index (χ0) is 20.7. The fourth-order valence-corrected chi connectivity index (χ4v) is 3.68. The zero-order valence-electron chi connectivity index (χ0n) is 16.0. The number of hydrogen-bond donors (Lipinski definition) is 1. The standard InChI is InChI=1S/C23H16ClN5O/c1-14-19-10-2-3-11-20(19)22-27-26-21(29(22)28-14)15-6-5-9-18(13-15)25-23(30)16-7-4-8-17(24)12-16/h2-13H,1H3,(H,25,30). The first-order valence-corrected chi connectivity index (χ1v) is 9.76. The second-order valence-electron chi connectivity index (χ2n) is 6.94. The molecule has 146 valence electrons. The monoisotopic (exact) mass is 413 g/mol. The number of benzene rings is 3. The number of aryl methyl sites for hydroxylation is 1. The fraction of sp³-hybridized carbons (Fsp3) is 0.0435. The predicted octanol–water partition coefficient (Wildman–Crippen LogP) is 5.16. The lowest BCUT2D eigenvalue weighted by Crippen LogP contribution is -2.11. The van der Waals surface area contributed by atoms with Crippen LogP contribution in [0.1, 0.15) is 16.1 Å². The largest absolute Gasteiger partial charge is 0.322 e. The molecule has 5 rings (SSSR count). The summed E-state index contributed by atoms with van der Waals surface area (Å²) < 4.78 is 1.75. The number of hydrogen-bond acceptors (Lipinski definition) is 4. The number of aromatic nitrogens is 4. The number of halogens is 1. The number of nitrogens with zero attached hydrogens (tertiary/aromatic N) is 4. The summed E-state index contributed by atoms with van der Waals surface area (Å²) in [5.41, 5.74) is 3.52. The van der Waals surface area contributed by atoms with Crippen molar-refractivity contribution in [3.63, 3.8) is 0 Å². The van der Waals surface area contributed by atoms with Crippen LogP contribution in [-0.4, -0.2) is 25.7 Å². The third kappa shape index (κ3) is 3.17. The van der Waals surface area contributed by atoms with Crippen molar-refractivity contribution in [2.75, 3.05) is 5.32 Å².